The maximum absolute atomic E-state index is 12.6. The van der Waals surface area contributed by atoms with Crippen molar-refractivity contribution in [1.82, 2.24) is 10.3 Å². The third-order valence-electron chi connectivity index (χ3n) is 3.74. The van der Waals surface area contributed by atoms with E-state index < -0.39 is 0 Å². The van der Waals surface area contributed by atoms with E-state index in [9.17, 15) is 4.79 Å². The number of amides is 1. The molecule has 1 aromatic carbocycles. The maximum atomic E-state index is 12.6. The van der Waals surface area contributed by atoms with E-state index in [-0.39, 0.29) is 11.9 Å². The van der Waals surface area contributed by atoms with E-state index in [1.807, 2.05) is 43.5 Å². The van der Waals surface area contributed by atoms with Crippen LogP contribution in [0, 0.1) is 13.8 Å². The lowest BCUT2D eigenvalue weighted by atomic mass is 10.0. The molecule has 0 aliphatic heterocycles. The van der Waals surface area contributed by atoms with Crippen LogP contribution in [-0.2, 0) is 0 Å². The summed E-state index contributed by atoms with van der Waals surface area (Å²) in [5.74, 6) is -0.0569. The van der Waals surface area contributed by atoms with E-state index >= 15 is 0 Å². The van der Waals surface area contributed by atoms with E-state index in [1.165, 1.54) is 16.9 Å². The zero-order valence-corrected chi connectivity index (χ0v) is 14.9. The Morgan fingerprint density at radius 3 is 2.65 bits per heavy atom. The van der Waals surface area contributed by atoms with Gasteiger partial charge >= 0.3 is 0 Å². The normalized spacial score (nSPS) is 12.1. The molecule has 1 amide bonds. The second-order valence-electron chi connectivity index (χ2n) is 5.46. The largest absolute Gasteiger partial charge is 0.345 e. The third kappa shape index (κ3) is 3.35. The summed E-state index contributed by atoms with van der Waals surface area (Å²) in [6.07, 6.45) is 0. The summed E-state index contributed by atoms with van der Waals surface area (Å²) in [6, 6.07) is 12.1. The molecule has 1 unspecified atom stereocenters. The van der Waals surface area contributed by atoms with Crippen LogP contribution in [0.3, 0.4) is 0 Å². The second kappa shape index (κ2) is 6.64. The molecule has 0 saturated heterocycles. The molecule has 0 aliphatic rings. The van der Waals surface area contributed by atoms with E-state index in [2.05, 4.69) is 29.4 Å². The van der Waals surface area contributed by atoms with Crippen molar-refractivity contribution in [2.45, 2.75) is 26.8 Å². The molecular formula is C18H18N2OS2. The van der Waals surface area contributed by atoms with Crippen LogP contribution in [0.15, 0.2) is 41.8 Å². The van der Waals surface area contributed by atoms with Gasteiger partial charge in [-0.25, -0.2) is 4.98 Å². The lowest BCUT2D eigenvalue weighted by Crippen LogP contribution is -2.26. The Morgan fingerprint density at radius 1 is 1.17 bits per heavy atom. The van der Waals surface area contributed by atoms with Gasteiger partial charge < -0.3 is 5.32 Å². The van der Waals surface area contributed by atoms with Gasteiger partial charge in [0, 0.05) is 0 Å². The van der Waals surface area contributed by atoms with Crippen LogP contribution in [0.5, 0.6) is 0 Å². The monoisotopic (exact) mass is 342 g/mol. The first-order chi connectivity index (χ1) is 11.1. The van der Waals surface area contributed by atoms with Gasteiger partial charge in [-0.3, -0.25) is 4.79 Å². The van der Waals surface area contributed by atoms with Gasteiger partial charge in [-0.15, -0.1) is 22.7 Å². The van der Waals surface area contributed by atoms with Gasteiger partial charge in [-0.05, 0) is 43.3 Å². The maximum Gasteiger partial charge on any atom is 0.263 e. The molecule has 0 saturated carbocycles. The topological polar surface area (TPSA) is 42.0 Å². The minimum atomic E-state index is -0.0569. The van der Waals surface area contributed by atoms with Crippen molar-refractivity contribution in [3.05, 3.63) is 63.5 Å². The summed E-state index contributed by atoms with van der Waals surface area (Å²) < 4.78 is 0. The number of aryl methyl sites for hydroxylation is 2. The summed E-state index contributed by atoms with van der Waals surface area (Å²) in [5.41, 5.74) is 3.11. The fourth-order valence-electron chi connectivity index (χ4n) is 2.53. The van der Waals surface area contributed by atoms with Crippen LogP contribution in [0.1, 0.15) is 39.5 Å². The number of hydrogen-bond donors (Lipinski definition) is 1. The highest BCUT2D eigenvalue weighted by Crippen LogP contribution is 2.31. The Balaban J connectivity index is 1.80. The molecule has 23 heavy (non-hydrogen) atoms. The molecule has 0 spiro atoms. The summed E-state index contributed by atoms with van der Waals surface area (Å²) in [7, 11) is 0. The highest BCUT2D eigenvalue weighted by Gasteiger charge is 2.19. The van der Waals surface area contributed by atoms with Crippen molar-refractivity contribution in [1.29, 1.82) is 0 Å². The van der Waals surface area contributed by atoms with Crippen LogP contribution in [0.25, 0.3) is 9.88 Å². The molecule has 1 N–H and O–H groups in total. The zero-order chi connectivity index (χ0) is 16.4. The van der Waals surface area contributed by atoms with Crippen molar-refractivity contribution in [3.63, 3.8) is 0 Å². The molecule has 3 aromatic rings. The minimum absolute atomic E-state index is 0.0320. The van der Waals surface area contributed by atoms with Gasteiger partial charge in [-0.2, -0.15) is 0 Å². The van der Waals surface area contributed by atoms with Crippen molar-refractivity contribution in [2.24, 2.45) is 0 Å². The number of rotatable bonds is 4. The predicted molar refractivity (Wildman–Crippen MR) is 97.2 cm³/mol. The summed E-state index contributed by atoms with van der Waals surface area (Å²) in [5, 5.41) is 6.02. The molecule has 3 rings (SSSR count). The molecule has 5 heteroatoms. The number of nitrogens with zero attached hydrogens (tertiary/aromatic N) is 1. The van der Waals surface area contributed by atoms with E-state index in [4.69, 9.17) is 0 Å². The highest BCUT2D eigenvalue weighted by atomic mass is 32.1. The molecule has 118 valence electrons. The number of carbonyl (C=O) groups is 1. The average molecular weight is 342 g/mol. The van der Waals surface area contributed by atoms with Gasteiger partial charge in [0.15, 0.2) is 0 Å². The Labute approximate surface area is 144 Å². The number of aromatic nitrogens is 1. The van der Waals surface area contributed by atoms with E-state index in [1.54, 1.807) is 11.3 Å². The zero-order valence-electron chi connectivity index (χ0n) is 13.3. The first-order valence-electron chi connectivity index (χ1n) is 7.44. The van der Waals surface area contributed by atoms with Crippen molar-refractivity contribution < 1.29 is 4.79 Å². The van der Waals surface area contributed by atoms with Gasteiger partial charge in [0.05, 0.1) is 16.6 Å². The molecule has 0 bridgehead atoms. The number of carbonyl (C=O) groups excluding carboxylic acids is 1. The lowest BCUT2D eigenvalue weighted by Gasteiger charge is -2.16. The average Bonchev–Trinajstić information content (AvgIpc) is 3.16. The van der Waals surface area contributed by atoms with Crippen LogP contribution in [0.2, 0.25) is 0 Å². The van der Waals surface area contributed by atoms with Crippen molar-refractivity contribution in [3.8, 4) is 9.88 Å². The minimum Gasteiger partial charge on any atom is -0.345 e. The predicted octanol–water partition coefficient (Wildman–Crippen LogP) is 4.98. The Bertz CT molecular complexity index is 821. The number of hydrogen-bond acceptors (Lipinski definition) is 4. The molecule has 0 radical (unpaired) electrons. The SMILES string of the molecule is Cc1ccccc1C(C)NC(=O)c1sc(-c2cccs2)nc1C. The number of thiophene rings is 1. The smallest absolute Gasteiger partial charge is 0.263 e. The van der Waals surface area contributed by atoms with E-state index in [0.29, 0.717) is 4.88 Å². The van der Waals surface area contributed by atoms with Gasteiger partial charge in [-0.1, -0.05) is 30.3 Å². The molecule has 1 atom stereocenters. The van der Waals surface area contributed by atoms with Gasteiger partial charge in [0.1, 0.15) is 9.88 Å². The number of thiazole rings is 1. The summed E-state index contributed by atoms with van der Waals surface area (Å²) in [6.45, 7) is 5.96. The quantitative estimate of drug-likeness (QED) is 0.726. The number of benzene rings is 1. The van der Waals surface area contributed by atoms with Crippen molar-refractivity contribution >= 4 is 28.6 Å². The first kappa shape index (κ1) is 15.9. The highest BCUT2D eigenvalue weighted by molar-refractivity contribution is 7.22. The molecule has 0 aliphatic carbocycles. The lowest BCUT2D eigenvalue weighted by molar-refractivity contribution is 0.0943. The Morgan fingerprint density at radius 2 is 1.96 bits per heavy atom. The Hall–Kier alpha value is -1.98. The molecule has 2 heterocycles. The second-order valence-corrected chi connectivity index (χ2v) is 7.41. The fraction of sp³-hybridized carbons (Fsp3) is 0.222. The number of nitrogens with one attached hydrogen (secondary N) is 1. The third-order valence-corrected chi connectivity index (χ3v) is 5.93. The molecule has 0 fully saturated rings. The van der Waals surface area contributed by atoms with Crippen LogP contribution in [-0.4, -0.2) is 10.9 Å². The molecule has 3 nitrogen and oxygen atoms in total. The van der Waals surface area contributed by atoms with Crippen LogP contribution >= 0.6 is 22.7 Å². The molecular weight excluding hydrogens is 324 g/mol. The summed E-state index contributed by atoms with van der Waals surface area (Å²) >= 11 is 3.09. The van der Waals surface area contributed by atoms with Gasteiger partial charge in [0.2, 0.25) is 0 Å². The van der Waals surface area contributed by atoms with E-state index in [0.717, 1.165) is 21.1 Å². The van der Waals surface area contributed by atoms with Crippen LogP contribution < -0.4 is 5.32 Å². The van der Waals surface area contributed by atoms with Crippen LogP contribution in [0.4, 0.5) is 0 Å². The van der Waals surface area contributed by atoms with Crippen molar-refractivity contribution in [2.75, 3.05) is 0 Å². The first-order valence-corrected chi connectivity index (χ1v) is 9.13. The fourth-order valence-corrected chi connectivity index (χ4v) is 4.29. The summed E-state index contributed by atoms with van der Waals surface area (Å²) in [4.78, 5) is 18.9. The van der Waals surface area contributed by atoms with Gasteiger partial charge in [0.25, 0.3) is 5.91 Å². The molecule has 2 aromatic heterocycles. The standard InChI is InChI=1S/C18H18N2OS2/c1-11-7-4-5-8-14(11)12(2)19-17(21)16-13(3)20-18(23-16)15-9-6-10-22-15/h4-10,12H,1-3H3,(H,19,21). The Kier molecular flexibility index (Phi) is 4.59.